The minimum atomic E-state index is 0.803. The van der Waals surface area contributed by atoms with Gasteiger partial charge in [-0.3, -0.25) is 0 Å². The molecule has 1 aromatic rings. The highest BCUT2D eigenvalue weighted by Gasteiger charge is 2.22. The van der Waals surface area contributed by atoms with E-state index in [-0.39, 0.29) is 0 Å². The monoisotopic (exact) mass is 206 g/mol. The SMILES string of the molecule is CCC1Cc2cc(OC)c(OC)cc2C1. The van der Waals surface area contributed by atoms with Gasteiger partial charge in [0.15, 0.2) is 11.5 Å². The van der Waals surface area contributed by atoms with Gasteiger partial charge in [-0.05, 0) is 42.0 Å². The van der Waals surface area contributed by atoms with E-state index in [2.05, 4.69) is 19.1 Å². The van der Waals surface area contributed by atoms with Gasteiger partial charge in [0.25, 0.3) is 0 Å². The van der Waals surface area contributed by atoms with Crippen LogP contribution in [0.25, 0.3) is 0 Å². The fraction of sp³-hybridized carbons (Fsp3) is 0.538. The van der Waals surface area contributed by atoms with E-state index >= 15 is 0 Å². The van der Waals surface area contributed by atoms with Gasteiger partial charge in [0.2, 0.25) is 0 Å². The molecule has 2 nitrogen and oxygen atoms in total. The first-order chi connectivity index (χ1) is 7.28. The van der Waals surface area contributed by atoms with Crippen molar-refractivity contribution in [1.29, 1.82) is 0 Å². The Morgan fingerprint density at radius 1 is 1.07 bits per heavy atom. The second-order valence-electron chi connectivity index (χ2n) is 4.16. The number of benzene rings is 1. The van der Waals surface area contributed by atoms with Gasteiger partial charge in [-0.25, -0.2) is 0 Å². The van der Waals surface area contributed by atoms with Crippen LogP contribution in [0.3, 0.4) is 0 Å². The Kier molecular flexibility index (Phi) is 2.85. The first-order valence-corrected chi connectivity index (χ1v) is 5.52. The van der Waals surface area contributed by atoms with E-state index in [0.29, 0.717) is 0 Å². The van der Waals surface area contributed by atoms with Gasteiger partial charge in [-0.15, -0.1) is 0 Å². The van der Waals surface area contributed by atoms with Gasteiger partial charge in [0.1, 0.15) is 0 Å². The zero-order chi connectivity index (χ0) is 10.8. The third-order valence-corrected chi connectivity index (χ3v) is 3.30. The Balaban J connectivity index is 2.35. The summed E-state index contributed by atoms with van der Waals surface area (Å²) >= 11 is 0. The lowest BCUT2D eigenvalue weighted by Crippen LogP contribution is -1.95. The summed E-state index contributed by atoms with van der Waals surface area (Å²) in [5.74, 6) is 2.51. The van der Waals surface area contributed by atoms with E-state index in [0.717, 1.165) is 17.4 Å². The van der Waals surface area contributed by atoms with Crippen molar-refractivity contribution < 1.29 is 9.47 Å². The minimum absolute atomic E-state index is 0.803. The molecule has 0 N–H and O–H groups in total. The molecule has 0 amide bonds. The van der Waals surface area contributed by atoms with Crippen LogP contribution in [0.5, 0.6) is 11.5 Å². The van der Waals surface area contributed by atoms with E-state index in [1.807, 2.05) is 0 Å². The number of hydrogen-bond donors (Lipinski definition) is 0. The molecule has 0 fully saturated rings. The molecule has 0 bridgehead atoms. The fourth-order valence-corrected chi connectivity index (χ4v) is 2.33. The van der Waals surface area contributed by atoms with Crippen LogP contribution in [-0.4, -0.2) is 14.2 Å². The minimum Gasteiger partial charge on any atom is -0.493 e. The van der Waals surface area contributed by atoms with E-state index < -0.39 is 0 Å². The lowest BCUT2D eigenvalue weighted by atomic mass is 10.0. The molecule has 82 valence electrons. The Bertz CT molecular complexity index is 325. The van der Waals surface area contributed by atoms with Crippen LogP contribution < -0.4 is 9.47 Å². The topological polar surface area (TPSA) is 18.5 Å². The zero-order valence-corrected chi connectivity index (χ0v) is 9.67. The second kappa shape index (κ2) is 4.13. The van der Waals surface area contributed by atoms with Gasteiger partial charge in [0.05, 0.1) is 14.2 Å². The van der Waals surface area contributed by atoms with Crippen molar-refractivity contribution in [3.63, 3.8) is 0 Å². The lowest BCUT2D eigenvalue weighted by Gasteiger charge is -2.09. The van der Waals surface area contributed by atoms with Crippen molar-refractivity contribution >= 4 is 0 Å². The summed E-state index contributed by atoms with van der Waals surface area (Å²) in [6.07, 6.45) is 3.62. The molecule has 1 aliphatic rings. The van der Waals surface area contributed by atoms with Crippen molar-refractivity contribution in [2.75, 3.05) is 14.2 Å². The molecule has 1 aromatic carbocycles. The van der Waals surface area contributed by atoms with Crippen LogP contribution in [0, 0.1) is 5.92 Å². The normalized spacial score (nSPS) is 15.1. The molecule has 0 heterocycles. The van der Waals surface area contributed by atoms with E-state index in [1.54, 1.807) is 14.2 Å². The van der Waals surface area contributed by atoms with Crippen LogP contribution in [0.1, 0.15) is 24.5 Å². The largest absolute Gasteiger partial charge is 0.493 e. The Labute approximate surface area is 91.2 Å². The lowest BCUT2D eigenvalue weighted by molar-refractivity contribution is 0.354. The van der Waals surface area contributed by atoms with Gasteiger partial charge in [-0.1, -0.05) is 13.3 Å². The maximum atomic E-state index is 5.31. The van der Waals surface area contributed by atoms with Gasteiger partial charge in [0, 0.05) is 0 Å². The van der Waals surface area contributed by atoms with Crippen molar-refractivity contribution in [3.05, 3.63) is 23.3 Å². The molecular formula is C13H18O2. The zero-order valence-electron chi connectivity index (χ0n) is 9.67. The smallest absolute Gasteiger partial charge is 0.161 e. The highest BCUT2D eigenvalue weighted by atomic mass is 16.5. The van der Waals surface area contributed by atoms with Crippen LogP contribution in [0.2, 0.25) is 0 Å². The molecule has 0 aromatic heterocycles. The summed E-state index contributed by atoms with van der Waals surface area (Å²) in [5, 5.41) is 0. The number of ether oxygens (including phenoxy) is 2. The molecule has 0 atom stereocenters. The number of methoxy groups -OCH3 is 2. The highest BCUT2D eigenvalue weighted by Crippen LogP contribution is 2.37. The molecule has 2 rings (SSSR count). The van der Waals surface area contributed by atoms with Crippen molar-refractivity contribution in [2.24, 2.45) is 5.92 Å². The number of fused-ring (bicyclic) bond motifs is 1. The maximum Gasteiger partial charge on any atom is 0.161 e. The third-order valence-electron chi connectivity index (χ3n) is 3.30. The third kappa shape index (κ3) is 1.81. The molecule has 0 spiro atoms. The van der Waals surface area contributed by atoms with Crippen molar-refractivity contribution in [2.45, 2.75) is 26.2 Å². The van der Waals surface area contributed by atoms with Crippen molar-refractivity contribution in [1.82, 2.24) is 0 Å². The molecule has 1 aliphatic carbocycles. The molecule has 0 unspecified atom stereocenters. The van der Waals surface area contributed by atoms with E-state index in [1.165, 1.54) is 30.4 Å². The summed E-state index contributed by atoms with van der Waals surface area (Å²) in [5.41, 5.74) is 2.86. The average molecular weight is 206 g/mol. The summed E-state index contributed by atoms with van der Waals surface area (Å²) in [6.45, 7) is 2.25. The van der Waals surface area contributed by atoms with E-state index in [9.17, 15) is 0 Å². The summed E-state index contributed by atoms with van der Waals surface area (Å²) in [7, 11) is 3.38. The second-order valence-corrected chi connectivity index (χ2v) is 4.16. The molecular weight excluding hydrogens is 188 g/mol. The molecule has 0 saturated heterocycles. The molecule has 2 heteroatoms. The first-order valence-electron chi connectivity index (χ1n) is 5.52. The summed E-state index contributed by atoms with van der Waals surface area (Å²) in [4.78, 5) is 0. The van der Waals surface area contributed by atoms with Crippen LogP contribution in [-0.2, 0) is 12.8 Å². The van der Waals surface area contributed by atoms with Gasteiger partial charge >= 0.3 is 0 Å². The van der Waals surface area contributed by atoms with Crippen molar-refractivity contribution in [3.8, 4) is 11.5 Å². The summed E-state index contributed by atoms with van der Waals surface area (Å²) < 4.78 is 10.6. The van der Waals surface area contributed by atoms with Crippen LogP contribution in [0.4, 0.5) is 0 Å². The average Bonchev–Trinajstić information content (AvgIpc) is 2.68. The molecule has 0 saturated carbocycles. The maximum absolute atomic E-state index is 5.31. The predicted molar refractivity (Wildman–Crippen MR) is 60.7 cm³/mol. The Morgan fingerprint density at radius 2 is 1.53 bits per heavy atom. The summed E-state index contributed by atoms with van der Waals surface area (Å²) in [6, 6.07) is 4.26. The van der Waals surface area contributed by atoms with Crippen LogP contribution in [0.15, 0.2) is 12.1 Å². The van der Waals surface area contributed by atoms with Gasteiger partial charge in [-0.2, -0.15) is 0 Å². The van der Waals surface area contributed by atoms with E-state index in [4.69, 9.17) is 9.47 Å². The predicted octanol–water partition coefficient (Wildman–Crippen LogP) is 2.83. The Morgan fingerprint density at radius 3 is 1.87 bits per heavy atom. The van der Waals surface area contributed by atoms with Gasteiger partial charge < -0.3 is 9.47 Å². The fourth-order valence-electron chi connectivity index (χ4n) is 2.33. The molecule has 15 heavy (non-hydrogen) atoms. The van der Waals surface area contributed by atoms with Crippen LogP contribution >= 0.6 is 0 Å². The standard InChI is InChI=1S/C13H18O2/c1-4-9-5-10-7-12(14-2)13(15-3)8-11(10)6-9/h7-9H,4-6H2,1-3H3. The molecule has 0 aliphatic heterocycles. The quantitative estimate of drug-likeness (QED) is 0.757. The number of hydrogen-bond acceptors (Lipinski definition) is 2. The Hall–Kier alpha value is -1.18. The first kappa shape index (κ1) is 10.3. The number of rotatable bonds is 3. The highest BCUT2D eigenvalue weighted by molar-refractivity contribution is 5.49. The molecule has 0 radical (unpaired) electrons.